The van der Waals surface area contributed by atoms with Crippen LogP contribution in [0.3, 0.4) is 0 Å². The van der Waals surface area contributed by atoms with E-state index in [-0.39, 0.29) is 10.9 Å². The molecule has 3 nitrogen and oxygen atoms in total. The Balaban J connectivity index is 2.74. The molecule has 1 heterocycles. The molecule has 1 rings (SSSR count). The van der Waals surface area contributed by atoms with Crippen LogP contribution in [0.15, 0.2) is 24.4 Å². The predicted octanol–water partition coefficient (Wildman–Crippen LogP) is -0.570. The van der Waals surface area contributed by atoms with E-state index in [9.17, 15) is 5.21 Å². The van der Waals surface area contributed by atoms with Crippen molar-refractivity contribution in [2.24, 2.45) is 0 Å². The number of hydrogen-bond acceptors (Lipinski definition) is 2. The van der Waals surface area contributed by atoms with Crippen LogP contribution in [-0.2, 0) is 0 Å². The van der Waals surface area contributed by atoms with Crippen molar-refractivity contribution >= 4 is 5.84 Å². The van der Waals surface area contributed by atoms with Crippen LogP contribution in [0.2, 0.25) is 0 Å². The molecule has 1 atom stereocenters. The van der Waals surface area contributed by atoms with Crippen LogP contribution in [0.4, 0.5) is 0 Å². The minimum Gasteiger partial charge on any atom is -0.623 e. The fraction of sp³-hybridized carbons (Fsp3) is 0. The van der Waals surface area contributed by atoms with Gasteiger partial charge in [-0.2, -0.15) is 0 Å². The first kappa shape index (κ1) is 5.21. The molecule has 0 saturated heterocycles. The average Bonchev–Trinajstić information content (AvgIpc) is 1.77. The highest BCUT2D eigenvalue weighted by Gasteiger charge is 1.98. The van der Waals surface area contributed by atoms with Crippen LogP contribution in [-0.4, -0.2) is 5.84 Å². The highest BCUT2D eigenvalue weighted by molar-refractivity contribution is 5.83. The summed E-state index contributed by atoms with van der Waals surface area (Å²) < 4.78 is 0. The van der Waals surface area contributed by atoms with Gasteiger partial charge in [-0.25, -0.2) is 0 Å². The van der Waals surface area contributed by atoms with Crippen molar-refractivity contribution in [3.05, 3.63) is 29.6 Å². The third kappa shape index (κ3) is 0.828. The van der Waals surface area contributed by atoms with E-state index < -0.39 is 0 Å². The van der Waals surface area contributed by atoms with E-state index in [2.05, 4.69) is 0 Å². The lowest BCUT2D eigenvalue weighted by Gasteiger charge is -2.15. The van der Waals surface area contributed by atoms with Gasteiger partial charge < -0.3 is 5.21 Å². The summed E-state index contributed by atoms with van der Waals surface area (Å²) in [7, 11) is 0. The zero-order valence-corrected chi connectivity index (χ0v) is 4.22. The Hall–Kier alpha value is -0.930. The van der Waals surface area contributed by atoms with Crippen molar-refractivity contribution in [3.63, 3.8) is 0 Å². The molecule has 0 spiro atoms. The van der Waals surface area contributed by atoms with E-state index >= 15 is 0 Å². The molecule has 0 aromatic heterocycles. The van der Waals surface area contributed by atoms with Gasteiger partial charge >= 0.3 is 0 Å². The van der Waals surface area contributed by atoms with Gasteiger partial charge in [-0.3, -0.25) is 10.5 Å². The summed E-state index contributed by atoms with van der Waals surface area (Å²) in [6.45, 7) is 0. The fourth-order valence-corrected chi connectivity index (χ4v) is 0.467. The minimum atomic E-state index is -0.215. The van der Waals surface area contributed by atoms with Crippen molar-refractivity contribution in [3.8, 4) is 0 Å². The summed E-state index contributed by atoms with van der Waals surface area (Å²) >= 11 is 0. The summed E-state index contributed by atoms with van der Waals surface area (Å²) in [4.78, 5) is 0. The van der Waals surface area contributed by atoms with E-state index in [4.69, 9.17) is 5.41 Å². The summed E-state index contributed by atoms with van der Waals surface area (Å²) in [6.07, 6.45) is 6.15. The first-order chi connectivity index (χ1) is 3.80. The maximum absolute atomic E-state index is 10.4. The number of quaternary nitrogens is 1. The summed E-state index contributed by atoms with van der Waals surface area (Å²) in [5, 5.41) is 17.1. The molecule has 1 unspecified atom stereocenters. The summed E-state index contributed by atoms with van der Waals surface area (Å²) in [6, 6.07) is 0. The molecule has 0 saturated carbocycles. The number of amidine groups is 1. The van der Waals surface area contributed by atoms with Gasteiger partial charge in [0.1, 0.15) is 6.20 Å². The van der Waals surface area contributed by atoms with Gasteiger partial charge in [-0.15, -0.1) is 0 Å². The maximum atomic E-state index is 10.4. The van der Waals surface area contributed by atoms with Gasteiger partial charge in [0.2, 0.25) is 5.84 Å². The van der Waals surface area contributed by atoms with Crippen molar-refractivity contribution in [2.75, 3.05) is 0 Å². The van der Waals surface area contributed by atoms with Gasteiger partial charge in [0.25, 0.3) is 0 Å². The lowest BCUT2D eigenvalue weighted by atomic mass is 10.4. The molecule has 0 fully saturated rings. The number of hydrogen-bond donors (Lipinski definition) is 2. The second kappa shape index (κ2) is 1.90. The molecule has 0 bridgehead atoms. The number of rotatable bonds is 0. The van der Waals surface area contributed by atoms with Crippen LogP contribution in [0.5, 0.6) is 0 Å². The number of nitrogens with one attached hydrogen (secondary N) is 2. The molecule has 2 N–H and O–H groups in total. The van der Waals surface area contributed by atoms with Gasteiger partial charge in [-0.1, -0.05) is 0 Å². The normalized spacial score (nSPS) is 26.6. The lowest BCUT2D eigenvalue weighted by Crippen LogP contribution is -3.05. The molecule has 0 amide bonds. The van der Waals surface area contributed by atoms with Gasteiger partial charge in [0.05, 0.1) is 0 Å². The molecule has 3 heteroatoms. The Bertz CT molecular complexity index is 160. The Morgan fingerprint density at radius 1 is 1.50 bits per heavy atom. The Morgan fingerprint density at radius 2 is 2.25 bits per heavy atom. The van der Waals surface area contributed by atoms with Crippen molar-refractivity contribution < 1.29 is 5.06 Å². The van der Waals surface area contributed by atoms with Crippen LogP contribution in [0.1, 0.15) is 0 Å². The van der Waals surface area contributed by atoms with Crippen molar-refractivity contribution in [2.45, 2.75) is 0 Å². The fourth-order valence-electron chi connectivity index (χ4n) is 0.467. The number of allylic oxidation sites excluding steroid dienone is 2. The molecular formula is C5H6N2O. The molecular weight excluding hydrogens is 104 g/mol. The molecule has 42 valence electrons. The van der Waals surface area contributed by atoms with Crippen LogP contribution in [0, 0.1) is 10.6 Å². The Morgan fingerprint density at radius 3 is 2.62 bits per heavy atom. The van der Waals surface area contributed by atoms with Crippen LogP contribution < -0.4 is 5.06 Å². The largest absolute Gasteiger partial charge is 0.623 e. The van der Waals surface area contributed by atoms with Gasteiger partial charge in [0, 0.05) is 6.08 Å². The summed E-state index contributed by atoms with van der Waals surface area (Å²) in [5.74, 6) is 0.0625. The average molecular weight is 110 g/mol. The monoisotopic (exact) mass is 110 g/mol. The van der Waals surface area contributed by atoms with E-state index in [1.807, 2.05) is 0 Å². The topological polar surface area (TPSA) is 51.4 Å². The van der Waals surface area contributed by atoms with E-state index in [0.717, 1.165) is 0 Å². The second-order valence-electron chi connectivity index (χ2n) is 1.50. The Labute approximate surface area is 47.0 Å². The highest BCUT2D eigenvalue weighted by atomic mass is 16.5. The molecule has 0 aliphatic carbocycles. The third-order valence-electron chi connectivity index (χ3n) is 0.887. The Kier molecular flexibility index (Phi) is 1.24. The first-order valence-corrected chi connectivity index (χ1v) is 2.28. The van der Waals surface area contributed by atoms with Crippen molar-refractivity contribution in [1.82, 2.24) is 0 Å². The van der Waals surface area contributed by atoms with Crippen LogP contribution >= 0.6 is 0 Å². The standard InChI is InChI=1S/C5H6N2O/c6-5-3-1-2-4-7(5)8/h1-4,6-7H. The number of hydroxylamine groups is 2. The molecule has 0 aromatic carbocycles. The molecule has 8 heavy (non-hydrogen) atoms. The molecule has 1 aliphatic rings. The first-order valence-electron chi connectivity index (χ1n) is 2.28. The minimum absolute atomic E-state index is 0.0625. The van der Waals surface area contributed by atoms with Gasteiger partial charge in [-0.05, 0) is 12.2 Å². The quantitative estimate of drug-likeness (QED) is 0.403. The van der Waals surface area contributed by atoms with Crippen LogP contribution in [0.25, 0.3) is 0 Å². The zero-order chi connectivity index (χ0) is 5.98. The second-order valence-corrected chi connectivity index (χ2v) is 1.50. The van der Waals surface area contributed by atoms with E-state index in [0.29, 0.717) is 0 Å². The lowest BCUT2D eigenvalue weighted by molar-refractivity contribution is -0.684. The molecule has 0 aromatic rings. The SMILES string of the molecule is N=C1C=CC=C[NH+]1[O-]. The third-order valence-corrected chi connectivity index (χ3v) is 0.887. The maximum Gasteiger partial charge on any atom is 0.223 e. The summed E-state index contributed by atoms with van der Waals surface area (Å²) in [5.41, 5.74) is 0. The van der Waals surface area contributed by atoms with E-state index in [1.54, 1.807) is 12.2 Å². The molecule has 0 radical (unpaired) electrons. The highest BCUT2D eigenvalue weighted by Crippen LogP contribution is 1.77. The molecule has 1 aliphatic heterocycles. The zero-order valence-electron chi connectivity index (χ0n) is 4.22. The predicted molar refractivity (Wildman–Crippen MR) is 30.3 cm³/mol. The van der Waals surface area contributed by atoms with Gasteiger partial charge in [0.15, 0.2) is 0 Å². The van der Waals surface area contributed by atoms with Crippen molar-refractivity contribution in [1.29, 1.82) is 5.41 Å². The smallest absolute Gasteiger partial charge is 0.223 e. The van der Waals surface area contributed by atoms with E-state index in [1.165, 1.54) is 12.3 Å².